The van der Waals surface area contributed by atoms with E-state index >= 15 is 0 Å². The Hall–Kier alpha value is -0.540. The molecule has 3 nitrogen and oxygen atoms in total. The monoisotopic (exact) mass is 242 g/mol. The third-order valence-corrected chi connectivity index (χ3v) is 3.58. The molecule has 1 aliphatic rings. The van der Waals surface area contributed by atoms with Gasteiger partial charge < -0.3 is 9.30 Å². The van der Waals surface area contributed by atoms with Gasteiger partial charge >= 0.3 is 0 Å². The molecule has 2 heterocycles. The summed E-state index contributed by atoms with van der Waals surface area (Å²) in [6.07, 6.45) is 6.18. The molecular formula is C12H19ClN2O. The Morgan fingerprint density at radius 2 is 2.44 bits per heavy atom. The second-order valence-corrected chi connectivity index (χ2v) is 4.98. The first-order valence-corrected chi connectivity index (χ1v) is 6.46. The van der Waals surface area contributed by atoms with Crippen LogP contribution in [-0.4, -0.2) is 22.0 Å². The summed E-state index contributed by atoms with van der Waals surface area (Å²) >= 11 is 6.01. The Morgan fingerprint density at radius 1 is 1.62 bits per heavy atom. The first kappa shape index (κ1) is 11.9. The molecule has 16 heavy (non-hydrogen) atoms. The number of imidazole rings is 1. The summed E-state index contributed by atoms with van der Waals surface area (Å²) in [7, 11) is 0. The Labute approximate surface area is 102 Å². The highest BCUT2D eigenvalue weighted by Gasteiger charge is 2.29. The molecule has 0 aliphatic carbocycles. The lowest BCUT2D eigenvalue weighted by Gasteiger charge is -2.31. The van der Waals surface area contributed by atoms with Crippen LogP contribution in [0.2, 0.25) is 0 Å². The number of ether oxygens (including phenoxy) is 1. The molecule has 4 heteroatoms. The van der Waals surface area contributed by atoms with Crippen molar-refractivity contribution in [1.82, 2.24) is 9.55 Å². The van der Waals surface area contributed by atoms with Gasteiger partial charge in [-0.1, -0.05) is 0 Å². The number of hydrogen-bond acceptors (Lipinski definition) is 2. The molecule has 1 fully saturated rings. The van der Waals surface area contributed by atoms with E-state index in [4.69, 9.17) is 16.3 Å². The van der Waals surface area contributed by atoms with Crippen molar-refractivity contribution < 1.29 is 4.74 Å². The Balaban J connectivity index is 2.23. The van der Waals surface area contributed by atoms with E-state index in [0.717, 1.165) is 19.4 Å². The maximum absolute atomic E-state index is 6.01. The summed E-state index contributed by atoms with van der Waals surface area (Å²) in [6, 6.07) is 0.416. The first-order valence-electron chi connectivity index (χ1n) is 5.93. The average Bonchev–Trinajstić information content (AvgIpc) is 2.77. The number of aromatic nitrogens is 2. The van der Waals surface area contributed by atoms with E-state index < -0.39 is 0 Å². The fourth-order valence-corrected chi connectivity index (χ4v) is 2.61. The van der Waals surface area contributed by atoms with Gasteiger partial charge in [-0.15, -0.1) is 11.6 Å². The van der Waals surface area contributed by atoms with Gasteiger partial charge in [0.25, 0.3) is 0 Å². The highest BCUT2D eigenvalue weighted by atomic mass is 35.5. The van der Waals surface area contributed by atoms with Crippen molar-refractivity contribution in [3.63, 3.8) is 0 Å². The Kier molecular flexibility index (Phi) is 3.87. The van der Waals surface area contributed by atoms with Crippen LogP contribution in [0.5, 0.6) is 0 Å². The first-order chi connectivity index (χ1) is 7.74. The van der Waals surface area contributed by atoms with E-state index in [1.807, 2.05) is 12.5 Å². The third kappa shape index (κ3) is 2.25. The van der Waals surface area contributed by atoms with Crippen molar-refractivity contribution in [2.24, 2.45) is 5.92 Å². The van der Waals surface area contributed by atoms with Crippen LogP contribution in [0.25, 0.3) is 0 Å². The molecule has 0 radical (unpaired) electrons. The quantitative estimate of drug-likeness (QED) is 0.762. The van der Waals surface area contributed by atoms with Crippen LogP contribution in [0.15, 0.2) is 12.5 Å². The Morgan fingerprint density at radius 3 is 3.12 bits per heavy atom. The summed E-state index contributed by atoms with van der Waals surface area (Å²) in [5, 5.41) is 0. The van der Waals surface area contributed by atoms with Crippen LogP contribution in [0, 0.1) is 5.92 Å². The molecule has 2 atom stereocenters. The van der Waals surface area contributed by atoms with Crippen molar-refractivity contribution >= 4 is 11.6 Å². The highest BCUT2D eigenvalue weighted by Crippen LogP contribution is 2.34. The second-order valence-electron chi connectivity index (χ2n) is 4.67. The molecule has 0 N–H and O–H groups in total. The summed E-state index contributed by atoms with van der Waals surface area (Å²) < 4.78 is 8.05. The fourth-order valence-electron chi connectivity index (χ4n) is 2.29. The maximum atomic E-state index is 6.01. The minimum absolute atomic E-state index is 0.121. The molecule has 1 saturated heterocycles. The minimum Gasteiger partial charge on any atom is -0.372 e. The van der Waals surface area contributed by atoms with Crippen molar-refractivity contribution in [2.75, 3.05) is 12.5 Å². The number of halogens is 1. The van der Waals surface area contributed by atoms with Gasteiger partial charge in [-0.3, -0.25) is 0 Å². The van der Waals surface area contributed by atoms with E-state index in [9.17, 15) is 0 Å². The molecule has 0 aromatic carbocycles. The average molecular weight is 243 g/mol. The van der Waals surface area contributed by atoms with Gasteiger partial charge in [0.2, 0.25) is 0 Å². The molecule has 1 aromatic heterocycles. The molecular weight excluding hydrogens is 224 g/mol. The smallest absolute Gasteiger partial charge is 0.103 e. The Bertz CT molecular complexity index is 338. The van der Waals surface area contributed by atoms with Crippen LogP contribution >= 0.6 is 11.6 Å². The molecule has 1 aromatic rings. The van der Waals surface area contributed by atoms with Crippen LogP contribution in [0.3, 0.4) is 0 Å². The molecule has 0 spiro atoms. The zero-order valence-corrected chi connectivity index (χ0v) is 10.7. The van der Waals surface area contributed by atoms with Crippen LogP contribution in [0.4, 0.5) is 0 Å². The summed E-state index contributed by atoms with van der Waals surface area (Å²) in [5.74, 6) is 1.08. The molecule has 2 rings (SSSR count). The van der Waals surface area contributed by atoms with Crippen molar-refractivity contribution in [2.45, 2.75) is 38.8 Å². The predicted octanol–water partition coefficient (Wildman–Crippen LogP) is 3.17. The SMILES string of the molecule is CC(C)n1cncc1C1OCCCC1CCl. The van der Waals surface area contributed by atoms with E-state index in [-0.39, 0.29) is 6.10 Å². The van der Waals surface area contributed by atoms with E-state index in [2.05, 4.69) is 23.4 Å². The zero-order chi connectivity index (χ0) is 11.5. The summed E-state index contributed by atoms with van der Waals surface area (Å²) in [5.41, 5.74) is 1.17. The van der Waals surface area contributed by atoms with Gasteiger partial charge in [0, 0.05) is 24.4 Å². The molecule has 2 unspecified atom stereocenters. The van der Waals surface area contributed by atoms with E-state index in [1.54, 1.807) is 0 Å². The van der Waals surface area contributed by atoms with Gasteiger partial charge in [-0.2, -0.15) is 0 Å². The van der Waals surface area contributed by atoms with Gasteiger partial charge in [0.15, 0.2) is 0 Å². The van der Waals surface area contributed by atoms with E-state index in [0.29, 0.717) is 17.8 Å². The van der Waals surface area contributed by atoms with Crippen LogP contribution in [-0.2, 0) is 4.74 Å². The number of rotatable bonds is 3. The largest absolute Gasteiger partial charge is 0.372 e. The lowest BCUT2D eigenvalue weighted by molar-refractivity contribution is -0.0257. The van der Waals surface area contributed by atoms with Gasteiger partial charge in [0.05, 0.1) is 18.2 Å². The second kappa shape index (κ2) is 5.19. The maximum Gasteiger partial charge on any atom is 0.103 e. The summed E-state index contributed by atoms with van der Waals surface area (Å²) in [4.78, 5) is 4.23. The van der Waals surface area contributed by atoms with Crippen molar-refractivity contribution in [3.05, 3.63) is 18.2 Å². The molecule has 0 amide bonds. The lowest BCUT2D eigenvalue weighted by atomic mass is 9.94. The molecule has 1 aliphatic heterocycles. The molecule has 90 valence electrons. The van der Waals surface area contributed by atoms with Crippen LogP contribution < -0.4 is 0 Å². The minimum atomic E-state index is 0.121. The zero-order valence-electron chi connectivity index (χ0n) is 9.90. The lowest BCUT2D eigenvalue weighted by Crippen LogP contribution is -2.26. The number of hydrogen-bond donors (Lipinski definition) is 0. The number of alkyl halides is 1. The van der Waals surface area contributed by atoms with Crippen LogP contribution in [0.1, 0.15) is 44.5 Å². The molecule has 0 saturated carbocycles. The summed E-state index contributed by atoms with van der Waals surface area (Å²) in [6.45, 7) is 5.15. The predicted molar refractivity (Wildman–Crippen MR) is 64.7 cm³/mol. The third-order valence-electron chi connectivity index (χ3n) is 3.19. The fraction of sp³-hybridized carbons (Fsp3) is 0.750. The van der Waals surface area contributed by atoms with Gasteiger partial charge in [-0.25, -0.2) is 4.98 Å². The molecule has 0 bridgehead atoms. The van der Waals surface area contributed by atoms with Gasteiger partial charge in [0.1, 0.15) is 6.10 Å². The van der Waals surface area contributed by atoms with E-state index in [1.165, 1.54) is 5.69 Å². The highest BCUT2D eigenvalue weighted by molar-refractivity contribution is 6.18. The topological polar surface area (TPSA) is 27.1 Å². The normalized spacial score (nSPS) is 26.2. The van der Waals surface area contributed by atoms with Gasteiger partial charge in [-0.05, 0) is 26.7 Å². The van der Waals surface area contributed by atoms with Crippen molar-refractivity contribution in [3.8, 4) is 0 Å². The number of nitrogens with zero attached hydrogens (tertiary/aromatic N) is 2. The standard InChI is InChI=1S/C12H19ClN2O/c1-9(2)15-8-14-7-11(15)12-10(6-13)4-3-5-16-12/h7-10,12H,3-6H2,1-2H3. The van der Waals surface area contributed by atoms with Crippen molar-refractivity contribution in [1.29, 1.82) is 0 Å².